The Balaban J connectivity index is 1.69. The van der Waals surface area contributed by atoms with Crippen LogP contribution in [0.4, 0.5) is 0 Å². The average molecular weight is 368 g/mol. The van der Waals surface area contributed by atoms with E-state index in [4.69, 9.17) is 11.6 Å². The van der Waals surface area contributed by atoms with Gasteiger partial charge in [0.05, 0.1) is 16.9 Å². The molecule has 0 unspecified atom stereocenters. The fourth-order valence-electron chi connectivity index (χ4n) is 2.89. The maximum absolute atomic E-state index is 12.7. The number of carbonyl (C=O) groups is 1. The molecule has 1 atom stereocenters. The van der Waals surface area contributed by atoms with Crippen LogP contribution in [0.15, 0.2) is 60.7 Å². The molecule has 1 amide bonds. The molecule has 4 nitrogen and oxygen atoms in total. The fourth-order valence-corrected chi connectivity index (χ4v) is 3.25. The minimum Gasteiger partial charge on any atom is -0.349 e. The third-order valence-corrected chi connectivity index (χ3v) is 4.67. The largest absolute Gasteiger partial charge is 0.349 e. The summed E-state index contributed by atoms with van der Waals surface area (Å²) in [5.74, 6) is -0.185. The third-order valence-electron chi connectivity index (χ3n) is 4.32. The van der Waals surface area contributed by atoms with E-state index in [1.165, 1.54) is 5.56 Å². The highest BCUT2D eigenvalue weighted by molar-refractivity contribution is 6.33. The minimum absolute atomic E-state index is 0.0400. The van der Waals surface area contributed by atoms with Gasteiger partial charge in [0.2, 0.25) is 0 Å². The molecule has 0 aliphatic carbocycles. The molecule has 0 aliphatic rings. The Bertz CT molecular complexity index is 875. The Morgan fingerprint density at radius 1 is 1.12 bits per heavy atom. The Hall–Kier alpha value is -2.59. The van der Waals surface area contributed by atoms with Gasteiger partial charge in [-0.25, -0.2) is 4.68 Å². The summed E-state index contributed by atoms with van der Waals surface area (Å²) in [5.41, 5.74) is 3.14. The van der Waals surface area contributed by atoms with Crippen molar-refractivity contribution >= 4 is 17.5 Å². The molecule has 0 radical (unpaired) electrons. The lowest BCUT2D eigenvalue weighted by molar-refractivity contribution is 0.0938. The molecule has 0 fully saturated rings. The zero-order valence-electron chi connectivity index (χ0n) is 14.9. The van der Waals surface area contributed by atoms with Crippen molar-refractivity contribution in [2.45, 2.75) is 32.7 Å². The van der Waals surface area contributed by atoms with Crippen LogP contribution in [0.1, 0.15) is 35.0 Å². The van der Waals surface area contributed by atoms with Crippen molar-refractivity contribution in [2.24, 2.45) is 0 Å². The van der Waals surface area contributed by atoms with E-state index in [1.54, 1.807) is 11.6 Å². The Morgan fingerprint density at radius 3 is 2.38 bits per heavy atom. The predicted octanol–water partition coefficient (Wildman–Crippen LogP) is 4.59. The van der Waals surface area contributed by atoms with Crippen molar-refractivity contribution < 1.29 is 4.79 Å². The van der Waals surface area contributed by atoms with Crippen molar-refractivity contribution in [3.63, 3.8) is 0 Å². The lowest BCUT2D eigenvalue weighted by atomic mass is 10.1. The molecule has 2 aromatic carbocycles. The highest BCUT2D eigenvalue weighted by Crippen LogP contribution is 2.23. The van der Waals surface area contributed by atoms with Crippen molar-refractivity contribution in [1.82, 2.24) is 15.1 Å². The molecule has 134 valence electrons. The van der Waals surface area contributed by atoms with E-state index in [9.17, 15) is 4.79 Å². The lowest BCUT2D eigenvalue weighted by Crippen LogP contribution is -2.33. The van der Waals surface area contributed by atoms with Crippen LogP contribution in [0.2, 0.25) is 5.15 Å². The summed E-state index contributed by atoms with van der Waals surface area (Å²) in [6.45, 7) is 3.81. The van der Waals surface area contributed by atoms with E-state index in [1.807, 2.05) is 55.5 Å². The molecule has 0 saturated heterocycles. The summed E-state index contributed by atoms with van der Waals surface area (Å²) in [7, 11) is 0. The number of nitrogens with zero attached hydrogens (tertiary/aromatic N) is 2. The predicted molar refractivity (Wildman–Crippen MR) is 105 cm³/mol. The minimum atomic E-state index is -0.185. The number of aromatic nitrogens is 2. The van der Waals surface area contributed by atoms with Crippen LogP contribution in [0.3, 0.4) is 0 Å². The molecular formula is C21H22ClN3O. The first-order chi connectivity index (χ1) is 12.6. The van der Waals surface area contributed by atoms with Crippen molar-refractivity contribution in [1.29, 1.82) is 0 Å². The van der Waals surface area contributed by atoms with E-state index < -0.39 is 0 Å². The number of rotatable bonds is 6. The summed E-state index contributed by atoms with van der Waals surface area (Å²) >= 11 is 6.46. The van der Waals surface area contributed by atoms with Gasteiger partial charge in [0.25, 0.3) is 5.91 Å². The Kier molecular flexibility index (Phi) is 5.74. The molecule has 0 spiro atoms. The number of para-hydroxylation sites is 1. The van der Waals surface area contributed by atoms with E-state index in [-0.39, 0.29) is 11.9 Å². The zero-order chi connectivity index (χ0) is 18.5. The zero-order valence-corrected chi connectivity index (χ0v) is 15.7. The monoisotopic (exact) mass is 367 g/mol. The van der Waals surface area contributed by atoms with Crippen LogP contribution >= 0.6 is 11.6 Å². The standard InChI is InChI=1S/C21H22ClN3O/c1-15(13-14-17-9-5-3-6-10-17)23-21(26)19-16(2)24-25(20(19)22)18-11-7-4-8-12-18/h3-12,15H,13-14H2,1-2H3,(H,23,26)/t15-/m1/s1. The smallest absolute Gasteiger partial charge is 0.256 e. The van der Waals surface area contributed by atoms with Crippen molar-refractivity contribution in [3.8, 4) is 5.69 Å². The van der Waals surface area contributed by atoms with Gasteiger partial charge in [-0.15, -0.1) is 0 Å². The highest BCUT2D eigenvalue weighted by Gasteiger charge is 2.22. The second-order valence-electron chi connectivity index (χ2n) is 6.40. The molecule has 1 N–H and O–H groups in total. The Morgan fingerprint density at radius 2 is 1.73 bits per heavy atom. The molecule has 0 aliphatic heterocycles. The topological polar surface area (TPSA) is 46.9 Å². The number of carbonyl (C=O) groups excluding carboxylic acids is 1. The first kappa shape index (κ1) is 18.2. The number of amides is 1. The second-order valence-corrected chi connectivity index (χ2v) is 6.76. The van der Waals surface area contributed by atoms with Gasteiger partial charge < -0.3 is 5.32 Å². The first-order valence-electron chi connectivity index (χ1n) is 8.71. The van der Waals surface area contributed by atoms with Gasteiger partial charge in [0.1, 0.15) is 5.15 Å². The maximum atomic E-state index is 12.7. The van der Waals surface area contributed by atoms with E-state index >= 15 is 0 Å². The molecule has 1 aromatic heterocycles. The quantitative estimate of drug-likeness (QED) is 0.692. The summed E-state index contributed by atoms with van der Waals surface area (Å²) in [6, 6.07) is 19.9. The molecule has 0 bridgehead atoms. The number of benzene rings is 2. The number of hydrogen-bond acceptors (Lipinski definition) is 2. The van der Waals surface area contributed by atoms with E-state index in [2.05, 4.69) is 22.5 Å². The summed E-state index contributed by atoms with van der Waals surface area (Å²) in [5, 5.41) is 7.80. The SMILES string of the molecule is Cc1nn(-c2ccccc2)c(Cl)c1C(=O)N[C@H](C)CCc1ccccc1. The van der Waals surface area contributed by atoms with Gasteiger partial charge >= 0.3 is 0 Å². The van der Waals surface area contributed by atoms with Gasteiger partial charge in [-0.05, 0) is 44.4 Å². The number of aryl methyl sites for hydroxylation is 2. The summed E-state index contributed by atoms with van der Waals surface area (Å²) in [4.78, 5) is 12.7. The number of nitrogens with one attached hydrogen (secondary N) is 1. The first-order valence-corrected chi connectivity index (χ1v) is 9.09. The van der Waals surface area contributed by atoms with Gasteiger partial charge in [0.15, 0.2) is 0 Å². The molecule has 5 heteroatoms. The van der Waals surface area contributed by atoms with Crippen LogP contribution in [-0.4, -0.2) is 21.7 Å². The van der Waals surface area contributed by atoms with Crippen molar-refractivity contribution in [3.05, 3.63) is 82.6 Å². The van der Waals surface area contributed by atoms with Crippen LogP contribution in [-0.2, 0) is 6.42 Å². The lowest BCUT2D eigenvalue weighted by Gasteiger charge is -2.14. The molecule has 1 heterocycles. The number of halogens is 1. The third kappa shape index (κ3) is 4.14. The van der Waals surface area contributed by atoms with E-state index in [0.717, 1.165) is 18.5 Å². The molecule has 3 rings (SSSR count). The van der Waals surface area contributed by atoms with E-state index in [0.29, 0.717) is 16.4 Å². The highest BCUT2D eigenvalue weighted by atomic mass is 35.5. The molecular weight excluding hydrogens is 346 g/mol. The van der Waals surface area contributed by atoms with Gasteiger partial charge in [-0.3, -0.25) is 4.79 Å². The summed E-state index contributed by atoms with van der Waals surface area (Å²) in [6.07, 6.45) is 1.78. The normalized spacial score (nSPS) is 12.0. The van der Waals surface area contributed by atoms with Gasteiger partial charge in [-0.1, -0.05) is 60.1 Å². The van der Waals surface area contributed by atoms with Crippen LogP contribution < -0.4 is 5.32 Å². The summed E-state index contributed by atoms with van der Waals surface area (Å²) < 4.78 is 1.60. The Labute approximate surface area is 158 Å². The molecule has 26 heavy (non-hydrogen) atoms. The number of hydrogen-bond donors (Lipinski definition) is 1. The van der Waals surface area contributed by atoms with Crippen LogP contribution in [0.5, 0.6) is 0 Å². The average Bonchev–Trinajstić information content (AvgIpc) is 2.96. The molecule has 3 aromatic rings. The van der Waals surface area contributed by atoms with Gasteiger partial charge in [-0.2, -0.15) is 5.10 Å². The van der Waals surface area contributed by atoms with Crippen LogP contribution in [0.25, 0.3) is 5.69 Å². The molecule has 0 saturated carbocycles. The fraction of sp³-hybridized carbons (Fsp3) is 0.238. The van der Waals surface area contributed by atoms with Crippen molar-refractivity contribution in [2.75, 3.05) is 0 Å². The maximum Gasteiger partial charge on any atom is 0.256 e. The van der Waals surface area contributed by atoms with Gasteiger partial charge in [0, 0.05) is 6.04 Å². The van der Waals surface area contributed by atoms with Crippen LogP contribution in [0, 0.1) is 6.92 Å². The second kappa shape index (κ2) is 8.19.